The van der Waals surface area contributed by atoms with Crippen molar-refractivity contribution in [2.75, 3.05) is 7.05 Å². The van der Waals surface area contributed by atoms with Gasteiger partial charge in [-0.25, -0.2) is 4.39 Å². The zero-order valence-electron chi connectivity index (χ0n) is 12.0. The highest BCUT2D eigenvalue weighted by molar-refractivity contribution is 6.01. The Balaban J connectivity index is 2.31. The fourth-order valence-corrected chi connectivity index (χ4v) is 2.55. The zero-order valence-corrected chi connectivity index (χ0v) is 12.0. The number of likely N-dealkylation sites (N-methyl/N-ethyl adjacent to an activating group) is 1. The Kier molecular flexibility index (Phi) is 4.35. The predicted molar refractivity (Wildman–Crippen MR) is 74.2 cm³/mol. The van der Waals surface area contributed by atoms with Crippen LogP contribution in [0.4, 0.5) is 4.39 Å². The van der Waals surface area contributed by atoms with Crippen molar-refractivity contribution in [3.8, 4) is 0 Å². The van der Waals surface area contributed by atoms with Gasteiger partial charge in [-0.2, -0.15) is 0 Å². The molecule has 1 heterocycles. The molecule has 0 bridgehead atoms. The highest BCUT2D eigenvalue weighted by Crippen LogP contribution is 2.28. The number of hydrogen-bond donors (Lipinski definition) is 1. The molecule has 0 aliphatic carbocycles. The van der Waals surface area contributed by atoms with Crippen LogP contribution in [0, 0.1) is 12.7 Å². The van der Waals surface area contributed by atoms with Crippen LogP contribution in [0.25, 0.3) is 0 Å². The molecule has 0 saturated carbocycles. The largest absolute Gasteiger partial charge is 0.357 e. The van der Waals surface area contributed by atoms with Crippen LogP contribution in [-0.4, -0.2) is 36.1 Å². The minimum Gasteiger partial charge on any atom is -0.357 e. The van der Waals surface area contributed by atoms with Gasteiger partial charge in [0.15, 0.2) is 0 Å². The van der Waals surface area contributed by atoms with Gasteiger partial charge in [0.05, 0.1) is 0 Å². The fraction of sp³-hybridized carbons (Fsp3) is 0.400. The van der Waals surface area contributed by atoms with Crippen molar-refractivity contribution in [3.63, 3.8) is 0 Å². The number of amides is 2. The van der Waals surface area contributed by atoms with E-state index >= 15 is 0 Å². The van der Waals surface area contributed by atoms with E-state index in [4.69, 9.17) is 0 Å². The Morgan fingerprint density at radius 3 is 2.86 bits per heavy atom. The van der Waals surface area contributed by atoms with Crippen LogP contribution in [0.15, 0.2) is 12.1 Å². The molecule has 21 heavy (non-hydrogen) atoms. The number of rotatable bonds is 5. The highest BCUT2D eigenvalue weighted by atomic mass is 19.1. The smallest absolute Gasteiger partial charge is 0.255 e. The first-order chi connectivity index (χ1) is 9.99. The first-order valence-corrected chi connectivity index (χ1v) is 6.74. The van der Waals surface area contributed by atoms with E-state index in [0.29, 0.717) is 17.4 Å². The summed E-state index contributed by atoms with van der Waals surface area (Å²) in [5.41, 5.74) is 1.46. The second-order valence-electron chi connectivity index (χ2n) is 5.07. The van der Waals surface area contributed by atoms with E-state index in [1.165, 1.54) is 18.0 Å². The number of aldehydes is 1. The maximum Gasteiger partial charge on any atom is 0.255 e. The Morgan fingerprint density at radius 1 is 1.52 bits per heavy atom. The lowest BCUT2D eigenvalue weighted by Crippen LogP contribution is -2.46. The SMILES string of the molecule is CNC(=O)C(CCC=O)N1Cc2cc(C)c(F)cc2C1=O. The van der Waals surface area contributed by atoms with Crippen molar-refractivity contribution < 1.29 is 18.8 Å². The minimum absolute atomic E-state index is 0.186. The lowest BCUT2D eigenvalue weighted by Gasteiger charge is -2.25. The second-order valence-corrected chi connectivity index (χ2v) is 5.07. The zero-order chi connectivity index (χ0) is 15.6. The molecule has 1 aliphatic rings. The first kappa shape index (κ1) is 15.2. The van der Waals surface area contributed by atoms with Crippen LogP contribution >= 0.6 is 0 Å². The average molecular weight is 292 g/mol. The van der Waals surface area contributed by atoms with Crippen molar-refractivity contribution in [3.05, 3.63) is 34.6 Å². The van der Waals surface area contributed by atoms with E-state index < -0.39 is 11.9 Å². The summed E-state index contributed by atoms with van der Waals surface area (Å²) in [6.07, 6.45) is 1.16. The summed E-state index contributed by atoms with van der Waals surface area (Å²) in [7, 11) is 1.48. The third-order valence-corrected chi connectivity index (χ3v) is 3.70. The molecule has 1 aliphatic heterocycles. The Labute approximate surface area is 122 Å². The molecular weight excluding hydrogens is 275 g/mol. The number of halogens is 1. The number of fused-ring (bicyclic) bond motifs is 1. The average Bonchev–Trinajstić information content (AvgIpc) is 2.77. The molecule has 112 valence electrons. The Hall–Kier alpha value is -2.24. The molecule has 1 unspecified atom stereocenters. The normalized spacial score (nSPS) is 14.8. The predicted octanol–water partition coefficient (Wildman–Crippen LogP) is 1.18. The summed E-state index contributed by atoms with van der Waals surface area (Å²) in [6.45, 7) is 1.89. The van der Waals surface area contributed by atoms with Crippen LogP contribution in [0.5, 0.6) is 0 Å². The first-order valence-electron chi connectivity index (χ1n) is 6.74. The molecule has 0 spiro atoms. The van der Waals surface area contributed by atoms with E-state index in [9.17, 15) is 18.8 Å². The van der Waals surface area contributed by atoms with Gasteiger partial charge in [-0.3, -0.25) is 9.59 Å². The maximum atomic E-state index is 13.6. The maximum absolute atomic E-state index is 13.6. The summed E-state index contributed by atoms with van der Waals surface area (Å²) in [6, 6.07) is 2.13. The molecule has 2 amide bonds. The summed E-state index contributed by atoms with van der Waals surface area (Å²) in [5.74, 6) is -1.13. The standard InChI is InChI=1S/C15H17FN2O3/c1-9-6-10-8-18(15(21)11(10)7-12(9)16)13(4-3-5-19)14(20)17-2/h5-7,13H,3-4,8H2,1-2H3,(H,17,20). The van der Waals surface area contributed by atoms with Gasteiger partial charge in [0.2, 0.25) is 5.91 Å². The van der Waals surface area contributed by atoms with Crippen LogP contribution in [-0.2, 0) is 16.1 Å². The Morgan fingerprint density at radius 2 is 2.24 bits per heavy atom. The van der Waals surface area contributed by atoms with E-state index in [-0.39, 0.29) is 36.8 Å². The molecule has 2 rings (SSSR count). The number of nitrogens with zero attached hydrogens (tertiary/aromatic N) is 1. The van der Waals surface area contributed by atoms with E-state index in [1.54, 1.807) is 13.0 Å². The van der Waals surface area contributed by atoms with E-state index in [0.717, 1.165) is 0 Å². The molecule has 1 aromatic carbocycles. The van der Waals surface area contributed by atoms with Gasteiger partial charge in [0, 0.05) is 25.6 Å². The van der Waals surface area contributed by atoms with Crippen molar-refractivity contribution in [2.24, 2.45) is 0 Å². The number of carbonyl (C=O) groups excluding carboxylic acids is 3. The third kappa shape index (κ3) is 2.79. The number of carbonyl (C=O) groups is 3. The molecule has 1 N–H and O–H groups in total. The molecule has 0 aromatic heterocycles. The second kappa shape index (κ2) is 6.03. The summed E-state index contributed by atoms with van der Waals surface area (Å²) >= 11 is 0. The molecule has 0 fully saturated rings. The number of benzene rings is 1. The molecule has 6 heteroatoms. The monoisotopic (exact) mass is 292 g/mol. The highest BCUT2D eigenvalue weighted by Gasteiger charge is 2.36. The van der Waals surface area contributed by atoms with Gasteiger partial charge in [0.1, 0.15) is 18.1 Å². The lowest BCUT2D eigenvalue weighted by atomic mass is 10.1. The van der Waals surface area contributed by atoms with Gasteiger partial charge in [-0.05, 0) is 30.5 Å². The van der Waals surface area contributed by atoms with Gasteiger partial charge >= 0.3 is 0 Å². The molecule has 1 aromatic rings. The lowest BCUT2D eigenvalue weighted by molar-refractivity contribution is -0.125. The van der Waals surface area contributed by atoms with Gasteiger partial charge in [-0.15, -0.1) is 0 Å². The molecule has 0 radical (unpaired) electrons. The summed E-state index contributed by atoms with van der Waals surface area (Å²) in [5, 5.41) is 2.50. The number of aryl methyl sites for hydroxylation is 1. The molecular formula is C15H17FN2O3. The van der Waals surface area contributed by atoms with Crippen LogP contribution in [0.3, 0.4) is 0 Å². The van der Waals surface area contributed by atoms with Crippen molar-refractivity contribution in [1.82, 2.24) is 10.2 Å². The number of nitrogens with one attached hydrogen (secondary N) is 1. The van der Waals surface area contributed by atoms with Gasteiger partial charge in [-0.1, -0.05) is 6.07 Å². The van der Waals surface area contributed by atoms with Gasteiger partial charge < -0.3 is 15.0 Å². The quantitative estimate of drug-likeness (QED) is 0.829. The minimum atomic E-state index is -0.719. The Bertz CT molecular complexity index is 601. The van der Waals surface area contributed by atoms with Crippen molar-refractivity contribution >= 4 is 18.1 Å². The van der Waals surface area contributed by atoms with E-state index in [2.05, 4.69) is 5.32 Å². The van der Waals surface area contributed by atoms with Crippen LogP contribution in [0.2, 0.25) is 0 Å². The topological polar surface area (TPSA) is 66.5 Å². The molecule has 5 nitrogen and oxygen atoms in total. The van der Waals surface area contributed by atoms with Crippen LogP contribution in [0.1, 0.15) is 34.3 Å². The van der Waals surface area contributed by atoms with Crippen molar-refractivity contribution in [2.45, 2.75) is 32.4 Å². The molecule has 1 atom stereocenters. The number of hydrogen-bond acceptors (Lipinski definition) is 3. The third-order valence-electron chi connectivity index (χ3n) is 3.70. The molecule has 0 saturated heterocycles. The van der Waals surface area contributed by atoms with Crippen molar-refractivity contribution in [1.29, 1.82) is 0 Å². The van der Waals surface area contributed by atoms with Crippen LogP contribution < -0.4 is 5.32 Å². The van der Waals surface area contributed by atoms with Gasteiger partial charge in [0.25, 0.3) is 5.91 Å². The summed E-state index contributed by atoms with van der Waals surface area (Å²) < 4.78 is 13.6. The fourth-order valence-electron chi connectivity index (χ4n) is 2.55. The summed E-state index contributed by atoms with van der Waals surface area (Å²) in [4.78, 5) is 36.3. The van der Waals surface area contributed by atoms with E-state index in [1.807, 2.05) is 0 Å².